The fourth-order valence-corrected chi connectivity index (χ4v) is 3.08. The third-order valence-corrected chi connectivity index (χ3v) is 4.52. The molecule has 110 valence electrons. The van der Waals surface area contributed by atoms with Gasteiger partial charge in [-0.2, -0.15) is 0 Å². The monoisotopic (exact) mass is 274 g/mol. The SMILES string of the molecule is Cc1ccc(C)c(CC(=O)N(C)C2CCCCC2N)c1. The lowest BCUT2D eigenvalue weighted by atomic mass is 9.89. The minimum absolute atomic E-state index is 0.135. The predicted octanol–water partition coefficient (Wildman–Crippen LogP) is 2.57. The van der Waals surface area contributed by atoms with Gasteiger partial charge in [0.05, 0.1) is 6.42 Å². The highest BCUT2D eigenvalue weighted by Crippen LogP contribution is 2.22. The molecule has 0 aromatic heterocycles. The molecule has 1 aliphatic rings. The van der Waals surface area contributed by atoms with Gasteiger partial charge in [0, 0.05) is 19.1 Å². The van der Waals surface area contributed by atoms with Crippen molar-refractivity contribution in [3.8, 4) is 0 Å². The van der Waals surface area contributed by atoms with E-state index < -0.39 is 0 Å². The molecule has 2 N–H and O–H groups in total. The molecule has 3 nitrogen and oxygen atoms in total. The summed E-state index contributed by atoms with van der Waals surface area (Å²) in [5, 5.41) is 0. The Bertz CT molecular complexity index is 484. The van der Waals surface area contributed by atoms with Crippen molar-refractivity contribution in [2.24, 2.45) is 5.73 Å². The fraction of sp³-hybridized carbons (Fsp3) is 0.588. The van der Waals surface area contributed by atoms with Crippen LogP contribution in [0, 0.1) is 13.8 Å². The first-order valence-electron chi connectivity index (χ1n) is 7.56. The summed E-state index contributed by atoms with van der Waals surface area (Å²) in [6.07, 6.45) is 4.92. The molecule has 1 aromatic rings. The minimum Gasteiger partial charge on any atom is -0.341 e. The number of carbonyl (C=O) groups excluding carboxylic acids is 1. The molecule has 2 unspecified atom stereocenters. The van der Waals surface area contributed by atoms with Gasteiger partial charge in [-0.25, -0.2) is 0 Å². The topological polar surface area (TPSA) is 46.3 Å². The first-order chi connectivity index (χ1) is 9.49. The number of nitrogens with two attached hydrogens (primary N) is 1. The van der Waals surface area contributed by atoms with E-state index in [2.05, 4.69) is 32.0 Å². The van der Waals surface area contributed by atoms with Gasteiger partial charge in [-0.05, 0) is 37.8 Å². The van der Waals surface area contributed by atoms with E-state index >= 15 is 0 Å². The van der Waals surface area contributed by atoms with Crippen molar-refractivity contribution in [3.05, 3.63) is 34.9 Å². The van der Waals surface area contributed by atoms with Gasteiger partial charge in [0.1, 0.15) is 0 Å². The number of hydrogen-bond acceptors (Lipinski definition) is 2. The molecular weight excluding hydrogens is 248 g/mol. The molecule has 1 saturated carbocycles. The molecule has 1 aliphatic carbocycles. The standard InChI is InChI=1S/C17H26N2O/c1-12-8-9-13(2)14(10-12)11-17(20)19(3)16-7-5-4-6-15(16)18/h8-10,15-16H,4-7,11,18H2,1-3H3. The molecule has 1 amide bonds. The molecule has 0 bridgehead atoms. The summed E-state index contributed by atoms with van der Waals surface area (Å²) in [5.41, 5.74) is 9.69. The Morgan fingerprint density at radius 3 is 2.70 bits per heavy atom. The minimum atomic E-state index is 0.135. The number of aryl methyl sites for hydroxylation is 2. The summed E-state index contributed by atoms with van der Waals surface area (Å²) < 4.78 is 0. The Labute approximate surface area is 122 Å². The Balaban J connectivity index is 2.05. The van der Waals surface area contributed by atoms with Crippen LogP contribution in [0.5, 0.6) is 0 Å². The van der Waals surface area contributed by atoms with Crippen molar-refractivity contribution < 1.29 is 4.79 Å². The summed E-state index contributed by atoms with van der Waals surface area (Å²) >= 11 is 0. The van der Waals surface area contributed by atoms with Crippen molar-refractivity contribution in [1.82, 2.24) is 4.90 Å². The van der Waals surface area contributed by atoms with Crippen LogP contribution >= 0.6 is 0 Å². The van der Waals surface area contributed by atoms with E-state index in [9.17, 15) is 4.79 Å². The molecule has 0 saturated heterocycles. The van der Waals surface area contributed by atoms with Gasteiger partial charge < -0.3 is 10.6 Å². The lowest BCUT2D eigenvalue weighted by molar-refractivity contribution is -0.132. The number of rotatable bonds is 3. The average Bonchev–Trinajstić information content (AvgIpc) is 2.42. The first-order valence-corrected chi connectivity index (χ1v) is 7.56. The summed E-state index contributed by atoms with van der Waals surface area (Å²) in [6, 6.07) is 6.63. The maximum absolute atomic E-state index is 12.5. The number of likely N-dealkylation sites (N-methyl/N-ethyl adjacent to an activating group) is 1. The van der Waals surface area contributed by atoms with E-state index in [-0.39, 0.29) is 18.0 Å². The van der Waals surface area contributed by atoms with E-state index in [0.29, 0.717) is 6.42 Å². The van der Waals surface area contributed by atoms with E-state index in [0.717, 1.165) is 18.4 Å². The lowest BCUT2D eigenvalue weighted by Crippen LogP contribution is -2.50. The van der Waals surface area contributed by atoms with E-state index in [1.807, 2.05) is 11.9 Å². The second-order valence-corrected chi connectivity index (χ2v) is 6.13. The van der Waals surface area contributed by atoms with Crippen molar-refractivity contribution in [3.63, 3.8) is 0 Å². The largest absolute Gasteiger partial charge is 0.341 e. The first kappa shape index (κ1) is 15.0. The van der Waals surface area contributed by atoms with Gasteiger partial charge in [-0.15, -0.1) is 0 Å². The lowest BCUT2D eigenvalue weighted by Gasteiger charge is -2.36. The number of amides is 1. The van der Waals surface area contributed by atoms with Gasteiger partial charge in [-0.3, -0.25) is 4.79 Å². The zero-order chi connectivity index (χ0) is 14.7. The molecule has 2 rings (SSSR count). The number of hydrogen-bond donors (Lipinski definition) is 1. The zero-order valence-electron chi connectivity index (χ0n) is 12.9. The second-order valence-electron chi connectivity index (χ2n) is 6.13. The molecule has 0 aliphatic heterocycles. The Kier molecular flexibility index (Phi) is 4.81. The van der Waals surface area contributed by atoms with Crippen LogP contribution < -0.4 is 5.73 Å². The Hall–Kier alpha value is -1.35. The maximum atomic E-state index is 12.5. The van der Waals surface area contributed by atoms with Gasteiger partial charge in [0.25, 0.3) is 0 Å². The van der Waals surface area contributed by atoms with Crippen molar-refractivity contribution in [2.75, 3.05) is 7.05 Å². The molecule has 0 spiro atoms. The molecule has 1 fully saturated rings. The third kappa shape index (κ3) is 3.40. The van der Waals surface area contributed by atoms with Crippen LogP contribution in [0.1, 0.15) is 42.4 Å². The molecular formula is C17H26N2O. The molecule has 2 atom stereocenters. The highest BCUT2D eigenvalue weighted by Gasteiger charge is 2.28. The van der Waals surface area contributed by atoms with Crippen molar-refractivity contribution in [1.29, 1.82) is 0 Å². The average molecular weight is 274 g/mol. The van der Waals surface area contributed by atoms with Gasteiger partial charge in [0.2, 0.25) is 5.91 Å². The van der Waals surface area contributed by atoms with Crippen LogP contribution in [-0.4, -0.2) is 29.9 Å². The van der Waals surface area contributed by atoms with E-state index in [1.165, 1.54) is 24.0 Å². The summed E-state index contributed by atoms with van der Waals surface area (Å²) in [7, 11) is 1.91. The number of carbonyl (C=O) groups is 1. The number of benzene rings is 1. The summed E-state index contributed by atoms with van der Waals surface area (Å²) in [4.78, 5) is 14.4. The van der Waals surface area contributed by atoms with Crippen LogP contribution in [0.3, 0.4) is 0 Å². The molecule has 0 radical (unpaired) electrons. The summed E-state index contributed by atoms with van der Waals surface area (Å²) in [6.45, 7) is 4.13. The Morgan fingerprint density at radius 2 is 2.00 bits per heavy atom. The van der Waals surface area contributed by atoms with Gasteiger partial charge >= 0.3 is 0 Å². The van der Waals surface area contributed by atoms with Gasteiger partial charge in [-0.1, -0.05) is 36.6 Å². The molecule has 3 heteroatoms. The number of nitrogens with zero attached hydrogens (tertiary/aromatic N) is 1. The van der Waals surface area contributed by atoms with Crippen LogP contribution in [0.15, 0.2) is 18.2 Å². The molecule has 1 aromatic carbocycles. The maximum Gasteiger partial charge on any atom is 0.227 e. The quantitative estimate of drug-likeness (QED) is 0.921. The van der Waals surface area contributed by atoms with Crippen molar-refractivity contribution in [2.45, 2.75) is 58.0 Å². The smallest absolute Gasteiger partial charge is 0.227 e. The van der Waals surface area contributed by atoms with Gasteiger partial charge in [0.15, 0.2) is 0 Å². The van der Waals surface area contributed by atoms with Crippen LogP contribution in [0.25, 0.3) is 0 Å². The van der Waals surface area contributed by atoms with Crippen molar-refractivity contribution >= 4 is 5.91 Å². The van der Waals surface area contributed by atoms with E-state index in [4.69, 9.17) is 5.73 Å². The summed E-state index contributed by atoms with van der Waals surface area (Å²) in [5.74, 6) is 0.182. The molecule has 20 heavy (non-hydrogen) atoms. The van der Waals surface area contributed by atoms with Crippen LogP contribution in [-0.2, 0) is 11.2 Å². The second kappa shape index (κ2) is 6.40. The normalized spacial score (nSPS) is 22.6. The van der Waals surface area contributed by atoms with E-state index in [1.54, 1.807) is 0 Å². The predicted molar refractivity (Wildman–Crippen MR) is 82.6 cm³/mol. The Morgan fingerprint density at radius 1 is 1.30 bits per heavy atom. The highest BCUT2D eigenvalue weighted by molar-refractivity contribution is 5.79. The fourth-order valence-electron chi connectivity index (χ4n) is 3.08. The molecule has 0 heterocycles. The van der Waals surface area contributed by atoms with Crippen LogP contribution in [0.2, 0.25) is 0 Å². The van der Waals surface area contributed by atoms with Crippen LogP contribution in [0.4, 0.5) is 0 Å². The zero-order valence-corrected chi connectivity index (χ0v) is 12.9. The highest BCUT2D eigenvalue weighted by atomic mass is 16.2. The third-order valence-electron chi connectivity index (χ3n) is 4.52.